The average molecular weight is 255 g/mol. The molecular formula is C11H21N5O2. The van der Waals surface area contributed by atoms with Gasteiger partial charge < -0.3 is 20.8 Å². The van der Waals surface area contributed by atoms with Crippen molar-refractivity contribution in [2.24, 2.45) is 0 Å². The maximum Gasteiger partial charge on any atom is 0.227 e. The third-order valence-electron chi connectivity index (χ3n) is 2.66. The Labute approximate surface area is 107 Å². The van der Waals surface area contributed by atoms with Crippen LogP contribution in [-0.2, 0) is 0 Å². The predicted octanol–water partition coefficient (Wildman–Crippen LogP) is 0.237. The number of aromatic nitrogens is 3. The highest BCUT2D eigenvalue weighted by atomic mass is 16.3. The highest BCUT2D eigenvalue weighted by molar-refractivity contribution is 5.34. The molecule has 0 bridgehead atoms. The molecule has 0 fully saturated rings. The molecule has 0 amide bonds. The minimum Gasteiger partial charge on any atom is -0.394 e. The van der Waals surface area contributed by atoms with E-state index >= 15 is 0 Å². The molecule has 0 aliphatic heterocycles. The number of rotatable bonds is 8. The van der Waals surface area contributed by atoms with Crippen molar-refractivity contribution in [2.75, 3.05) is 23.8 Å². The maximum atomic E-state index is 9.10. The van der Waals surface area contributed by atoms with Crippen LogP contribution in [0.4, 0.5) is 11.9 Å². The van der Waals surface area contributed by atoms with Gasteiger partial charge in [-0.2, -0.15) is 4.98 Å². The minimum absolute atomic E-state index is 0.0270. The van der Waals surface area contributed by atoms with Gasteiger partial charge in [0.15, 0.2) is 0 Å². The lowest BCUT2D eigenvalue weighted by Crippen LogP contribution is -2.26. The number of nitrogens with zero attached hydrogens (tertiary/aromatic N) is 3. The molecule has 2 unspecified atom stereocenters. The lowest BCUT2D eigenvalue weighted by molar-refractivity contribution is 0.271. The summed E-state index contributed by atoms with van der Waals surface area (Å²) in [5, 5.41) is 24.2. The third kappa shape index (κ3) is 4.42. The Morgan fingerprint density at radius 2 is 1.44 bits per heavy atom. The fourth-order valence-electron chi connectivity index (χ4n) is 1.35. The summed E-state index contributed by atoms with van der Waals surface area (Å²) < 4.78 is 0. The number of hydrogen-bond donors (Lipinski definition) is 4. The van der Waals surface area contributed by atoms with Crippen LogP contribution < -0.4 is 10.6 Å². The minimum atomic E-state index is -0.0694. The summed E-state index contributed by atoms with van der Waals surface area (Å²) in [5.74, 6) is 0.836. The van der Waals surface area contributed by atoms with Crippen LogP contribution in [0, 0.1) is 0 Å². The summed E-state index contributed by atoms with van der Waals surface area (Å²) in [5.41, 5.74) is 0. The van der Waals surface area contributed by atoms with E-state index in [4.69, 9.17) is 10.2 Å². The summed E-state index contributed by atoms with van der Waals surface area (Å²) in [7, 11) is 0. The molecule has 102 valence electrons. The number of nitrogens with one attached hydrogen (secondary N) is 2. The van der Waals surface area contributed by atoms with Crippen molar-refractivity contribution in [3.05, 3.63) is 6.33 Å². The van der Waals surface area contributed by atoms with Crippen molar-refractivity contribution in [1.29, 1.82) is 0 Å². The monoisotopic (exact) mass is 255 g/mol. The van der Waals surface area contributed by atoms with E-state index in [9.17, 15) is 0 Å². The van der Waals surface area contributed by atoms with Gasteiger partial charge in [-0.15, -0.1) is 0 Å². The Morgan fingerprint density at radius 1 is 1.00 bits per heavy atom. The van der Waals surface area contributed by atoms with Crippen molar-refractivity contribution in [3.63, 3.8) is 0 Å². The molecule has 0 saturated carbocycles. The van der Waals surface area contributed by atoms with Gasteiger partial charge in [0.1, 0.15) is 6.33 Å². The molecule has 7 heteroatoms. The first-order valence-electron chi connectivity index (χ1n) is 6.17. The van der Waals surface area contributed by atoms with Gasteiger partial charge >= 0.3 is 0 Å². The first kappa shape index (κ1) is 14.6. The molecule has 4 N–H and O–H groups in total. The molecule has 2 atom stereocenters. The summed E-state index contributed by atoms with van der Waals surface area (Å²) in [6, 6.07) is -0.139. The normalized spacial score (nSPS) is 14.0. The Morgan fingerprint density at radius 3 is 1.78 bits per heavy atom. The molecule has 0 aliphatic carbocycles. The Balaban J connectivity index is 2.66. The molecule has 7 nitrogen and oxygen atoms in total. The van der Waals surface area contributed by atoms with Crippen LogP contribution in [0.15, 0.2) is 6.33 Å². The highest BCUT2D eigenvalue weighted by Crippen LogP contribution is 2.07. The van der Waals surface area contributed by atoms with E-state index in [1.54, 1.807) is 0 Å². The van der Waals surface area contributed by atoms with Crippen LogP contribution >= 0.6 is 0 Å². The first-order valence-corrected chi connectivity index (χ1v) is 6.17. The maximum absolute atomic E-state index is 9.10. The topological polar surface area (TPSA) is 103 Å². The van der Waals surface area contributed by atoms with Crippen LogP contribution in [0.3, 0.4) is 0 Å². The zero-order valence-electron chi connectivity index (χ0n) is 10.8. The SMILES string of the molecule is CCC(CO)Nc1ncnc(NC(CC)CO)n1. The van der Waals surface area contributed by atoms with E-state index in [0.29, 0.717) is 11.9 Å². The van der Waals surface area contributed by atoms with E-state index in [1.165, 1.54) is 6.33 Å². The Kier molecular flexibility index (Phi) is 6.31. The molecule has 0 saturated heterocycles. The van der Waals surface area contributed by atoms with Crippen LogP contribution in [0.2, 0.25) is 0 Å². The lowest BCUT2D eigenvalue weighted by Gasteiger charge is -2.16. The van der Waals surface area contributed by atoms with E-state index < -0.39 is 0 Å². The van der Waals surface area contributed by atoms with Gasteiger partial charge in [-0.3, -0.25) is 0 Å². The fraction of sp³-hybridized carbons (Fsp3) is 0.727. The third-order valence-corrected chi connectivity index (χ3v) is 2.66. The van der Waals surface area contributed by atoms with Crippen molar-refractivity contribution < 1.29 is 10.2 Å². The Hall–Kier alpha value is -1.47. The molecule has 0 aromatic carbocycles. The second kappa shape index (κ2) is 7.78. The molecule has 0 spiro atoms. The zero-order valence-corrected chi connectivity index (χ0v) is 10.8. The summed E-state index contributed by atoms with van der Waals surface area (Å²) in [6.45, 7) is 3.98. The molecule has 1 heterocycles. The van der Waals surface area contributed by atoms with E-state index in [-0.39, 0.29) is 25.3 Å². The van der Waals surface area contributed by atoms with Gasteiger partial charge in [0, 0.05) is 0 Å². The van der Waals surface area contributed by atoms with Crippen molar-refractivity contribution >= 4 is 11.9 Å². The smallest absolute Gasteiger partial charge is 0.227 e. The quantitative estimate of drug-likeness (QED) is 0.527. The molecule has 1 rings (SSSR count). The fourth-order valence-corrected chi connectivity index (χ4v) is 1.35. The molecule has 0 radical (unpaired) electrons. The molecule has 18 heavy (non-hydrogen) atoms. The summed E-state index contributed by atoms with van der Waals surface area (Å²) in [6.07, 6.45) is 2.95. The van der Waals surface area contributed by atoms with Gasteiger partial charge in [-0.05, 0) is 12.8 Å². The number of hydrogen-bond acceptors (Lipinski definition) is 7. The first-order chi connectivity index (χ1) is 8.73. The molecular weight excluding hydrogens is 234 g/mol. The van der Waals surface area contributed by atoms with Crippen molar-refractivity contribution in [1.82, 2.24) is 15.0 Å². The van der Waals surface area contributed by atoms with Gasteiger partial charge in [0.05, 0.1) is 25.3 Å². The molecule has 1 aromatic rings. The van der Waals surface area contributed by atoms with E-state index in [1.807, 2.05) is 13.8 Å². The van der Waals surface area contributed by atoms with Crippen LogP contribution in [-0.4, -0.2) is 50.5 Å². The van der Waals surface area contributed by atoms with Crippen molar-refractivity contribution in [3.8, 4) is 0 Å². The number of aliphatic hydroxyl groups is 2. The van der Waals surface area contributed by atoms with Gasteiger partial charge in [-0.1, -0.05) is 13.8 Å². The highest BCUT2D eigenvalue weighted by Gasteiger charge is 2.09. The van der Waals surface area contributed by atoms with E-state index in [0.717, 1.165) is 12.8 Å². The molecule has 0 aliphatic rings. The number of aliphatic hydroxyl groups excluding tert-OH is 2. The summed E-state index contributed by atoms with van der Waals surface area (Å²) in [4.78, 5) is 12.2. The second-order valence-corrected chi connectivity index (χ2v) is 4.00. The average Bonchev–Trinajstić information content (AvgIpc) is 2.42. The summed E-state index contributed by atoms with van der Waals surface area (Å²) >= 11 is 0. The van der Waals surface area contributed by atoms with Crippen molar-refractivity contribution in [2.45, 2.75) is 38.8 Å². The van der Waals surface area contributed by atoms with Crippen LogP contribution in [0.5, 0.6) is 0 Å². The zero-order chi connectivity index (χ0) is 13.4. The van der Waals surface area contributed by atoms with Gasteiger partial charge in [0.25, 0.3) is 0 Å². The standard InChI is InChI=1S/C11H21N5O2/c1-3-8(5-17)14-10-12-7-13-11(16-10)15-9(4-2)6-18/h7-9,17-18H,3-6H2,1-2H3,(H2,12,13,14,15,16). The Bertz CT molecular complexity index is 313. The van der Waals surface area contributed by atoms with Crippen LogP contribution in [0.25, 0.3) is 0 Å². The molecule has 1 aromatic heterocycles. The van der Waals surface area contributed by atoms with Gasteiger partial charge in [0.2, 0.25) is 11.9 Å². The largest absolute Gasteiger partial charge is 0.394 e. The number of anilines is 2. The van der Waals surface area contributed by atoms with Crippen LogP contribution in [0.1, 0.15) is 26.7 Å². The van der Waals surface area contributed by atoms with E-state index in [2.05, 4.69) is 25.6 Å². The second-order valence-electron chi connectivity index (χ2n) is 4.00. The lowest BCUT2D eigenvalue weighted by atomic mass is 10.2. The van der Waals surface area contributed by atoms with Gasteiger partial charge in [-0.25, -0.2) is 9.97 Å². The predicted molar refractivity (Wildman–Crippen MR) is 69.4 cm³/mol.